The minimum absolute atomic E-state index is 0.980. The number of hydrogen-bond acceptors (Lipinski definition) is 0. The Balaban J connectivity index is 1.05. The van der Waals surface area contributed by atoms with Gasteiger partial charge in [-0.25, -0.2) is 0 Å². The molecule has 0 saturated heterocycles. The molecule has 0 radical (unpaired) electrons. The molecule has 0 saturated carbocycles. The fourth-order valence-electron chi connectivity index (χ4n) is 9.94. The molecule has 0 unspecified atom stereocenters. The van der Waals surface area contributed by atoms with E-state index in [4.69, 9.17) is 0 Å². The van der Waals surface area contributed by atoms with Crippen molar-refractivity contribution in [3.05, 3.63) is 235 Å². The van der Waals surface area contributed by atoms with Crippen LogP contribution in [0.25, 0.3) is 116 Å². The highest BCUT2D eigenvalue weighted by atomic mass is 14.2. The predicted octanol–water partition coefficient (Wildman–Crippen LogP) is 18.1. The van der Waals surface area contributed by atoms with Crippen LogP contribution in [0.1, 0.15) is 37.0 Å². The maximum absolute atomic E-state index is 2.43. The Kier molecular flexibility index (Phi) is 9.83. The van der Waals surface area contributed by atoms with Crippen molar-refractivity contribution in [1.29, 1.82) is 0 Å². The van der Waals surface area contributed by atoms with E-state index in [0.717, 1.165) is 6.42 Å². The van der Waals surface area contributed by atoms with Crippen LogP contribution in [0.4, 0.5) is 0 Å². The molecule has 11 aromatic carbocycles. The summed E-state index contributed by atoms with van der Waals surface area (Å²) in [6.07, 6.45) is 12.3. The van der Waals surface area contributed by atoms with Gasteiger partial charge in [0.25, 0.3) is 0 Å². The van der Waals surface area contributed by atoms with E-state index < -0.39 is 0 Å². The zero-order valence-electron chi connectivity index (χ0n) is 35.6. The molecule has 0 fully saturated rings. The molecule has 0 bridgehead atoms. The second-order valence-electron chi connectivity index (χ2n) is 16.6. The van der Waals surface area contributed by atoms with E-state index in [1.807, 2.05) is 0 Å². The standard InChI is InChI=1S/C63H46/c1-3-15-46(16-4-2)61-55-23-11-9-21-52(55)54(53-22-10-12-24-56(53)61)37-29-42-27-30-45(31-28-42)49-36-38-59-60(41-49)63(51-35-33-44-18-6-8-20-48(44)40-51)58-26-14-13-25-57(58)62(59)50-34-32-43-17-5-7-19-47(43)39-50/h3,5-41H,4H2,1-2H3/b15-3-,37-29+,46-16+. The van der Waals surface area contributed by atoms with Gasteiger partial charge in [0, 0.05) is 0 Å². The third-order valence-corrected chi connectivity index (χ3v) is 12.8. The highest BCUT2D eigenvalue weighted by Gasteiger charge is 2.19. The molecule has 63 heavy (non-hydrogen) atoms. The van der Waals surface area contributed by atoms with Crippen LogP contribution in [-0.2, 0) is 0 Å². The van der Waals surface area contributed by atoms with E-state index in [9.17, 15) is 0 Å². The van der Waals surface area contributed by atoms with Gasteiger partial charge < -0.3 is 0 Å². The van der Waals surface area contributed by atoms with Crippen molar-refractivity contribution in [2.45, 2.75) is 20.3 Å². The van der Waals surface area contributed by atoms with E-state index in [2.05, 4.69) is 244 Å². The summed E-state index contributed by atoms with van der Waals surface area (Å²) in [7, 11) is 0. The van der Waals surface area contributed by atoms with Gasteiger partial charge in [0.1, 0.15) is 0 Å². The molecule has 0 aliphatic heterocycles. The second-order valence-corrected chi connectivity index (χ2v) is 16.6. The normalized spacial score (nSPS) is 12.3. The number of rotatable bonds is 8. The summed E-state index contributed by atoms with van der Waals surface area (Å²) >= 11 is 0. The van der Waals surface area contributed by atoms with Crippen LogP contribution < -0.4 is 0 Å². The highest BCUT2D eigenvalue weighted by Crippen LogP contribution is 2.46. The first-order chi connectivity index (χ1) is 31.2. The Morgan fingerprint density at radius 3 is 1.40 bits per heavy atom. The van der Waals surface area contributed by atoms with Crippen LogP contribution in [-0.4, -0.2) is 0 Å². The van der Waals surface area contributed by atoms with Gasteiger partial charge in [-0.1, -0.05) is 219 Å². The fourth-order valence-corrected chi connectivity index (χ4v) is 9.94. The Labute approximate surface area is 369 Å². The van der Waals surface area contributed by atoms with E-state index in [1.54, 1.807) is 0 Å². The van der Waals surface area contributed by atoms with Crippen LogP contribution in [0.5, 0.6) is 0 Å². The second kappa shape index (κ2) is 16.2. The fraction of sp³-hybridized carbons (Fsp3) is 0.0476. The Hall–Kier alpha value is -7.80. The van der Waals surface area contributed by atoms with Crippen molar-refractivity contribution in [3.63, 3.8) is 0 Å². The van der Waals surface area contributed by atoms with E-state index >= 15 is 0 Å². The lowest BCUT2D eigenvalue weighted by molar-refractivity contribution is 1.23. The molecule has 0 heteroatoms. The highest BCUT2D eigenvalue weighted by molar-refractivity contribution is 6.23. The Bertz CT molecular complexity index is 3590. The molecule has 0 aliphatic rings. The summed E-state index contributed by atoms with van der Waals surface area (Å²) in [4.78, 5) is 0. The molecule has 11 rings (SSSR count). The van der Waals surface area contributed by atoms with Gasteiger partial charge >= 0.3 is 0 Å². The molecule has 0 nitrogen and oxygen atoms in total. The van der Waals surface area contributed by atoms with Crippen LogP contribution in [0.15, 0.2) is 218 Å². The predicted molar refractivity (Wildman–Crippen MR) is 276 cm³/mol. The molecule has 0 aliphatic carbocycles. The minimum Gasteiger partial charge on any atom is -0.0871 e. The monoisotopic (exact) mass is 802 g/mol. The van der Waals surface area contributed by atoms with Gasteiger partial charge in [0.05, 0.1) is 0 Å². The molecule has 0 atom stereocenters. The zero-order chi connectivity index (χ0) is 42.3. The Morgan fingerprint density at radius 1 is 0.381 bits per heavy atom. The molecular weight excluding hydrogens is 757 g/mol. The smallest absolute Gasteiger partial charge is 0.00259 e. The lowest BCUT2D eigenvalue weighted by Crippen LogP contribution is -1.92. The SMILES string of the molecule is C/C=C\C(=C/CC)c1c2ccccc2c(/C=C/c2ccc(-c3ccc4c(-c5ccc6ccccc6c5)c5ccccc5c(-c5ccc6ccccc6c5)c4c3)cc2)c2ccccc12. The lowest BCUT2D eigenvalue weighted by Gasteiger charge is -2.19. The number of allylic oxidation sites excluding steroid dienone is 4. The first kappa shape index (κ1) is 38.1. The molecule has 11 aromatic rings. The van der Waals surface area contributed by atoms with Crippen molar-refractivity contribution in [3.8, 4) is 33.4 Å². The van der Waals surface area contributed by atoms with Crippen molar-refractivity contribution in [2.75, 3.05) is 0 Å². The quantitative estimate of drug-likeness (QED) is 0.0815. The van der Waals surface area contributed by atoms with Crippen LogP contribution in [0, 0.1) is 0 Å². The van der Waals surface area contributed by atoms with Crippen molar-refractivity contribution < 1.29 is 0 Å². The maximum Gasteiger partial charge on any atom is -0.00259 e. The minimum atomic E-state index is 0.980. The summed E-state index contributed by atoms with van der Waals surface area (Å²) in [5.41, 5.74) is 12.4. The van der Waals surface area contributed by atoms with Gasteiger partial charge in [-0.05, 0) is 152 Å². The van der Waals surface area contributed by atoms with E-state index in [1.165, 1.54) is 120 Å². The first-order valence-electron chi connectivity index (χ1n) is 22.2. The van der Waals surface area contributed by atoms with Crippen LogP contribution in [0.3, 0.4) is 0 Å². The summed E-state index contributed by atoms with van der Waals surface area (Å²) in [6, 6.07) is 74.1. The average Bonchev–Trinajstić information content (AvgIpc) is 3.34. The molecule has 298 valence electrons. The largest absolute Gasteiger partial charge is 0.0871 e. The zero-order valence-corrected chi connectivity index (χ0v) is 35.6. The summed E-state index contributed by atoms with van der Waals surface area (Å²) in [5.74, 6) is 0. The Morgan fingerprint density at radius 2 is 0.841 bits per heavy atom. The molecule has 0 N–H and O–H groups in total. The number of benzene rings is 11. The third-order valence-electron chi connectivity index (χ3n) is 12.8. The summed E-state index contributed by atoms with van der Waals surface area (Å²) < 4.78 is 0. The van der Waals surface area contributed by atoms with Crippen molar-refractivity contribution >= 4 is 82.4 Å². The third kappa shape index (κ3) is 6.82. The molecule has 0 amide bonds. The molecular formula is C63H46. The summed E-state index contributed by atoms with van der Waals surface area (Å²) in [5, 5.41) is 15.1. The molecule has 0 aromatic heterocycles. The topological polar surface area (TPSA) is 0 Å². The van der Waals surface area contributed by atoms with Gasteiger partial charge in [-0.15, -0.1) is 0 Å². The van der Waals surface area contributed by atoms with Crippen LogP contribution in [0.2, 0.25) is 0 Å². The van der Waals surface area contributed by atoms with Crippen molar-refractivity contribution in [2.24, 2.45) is 0 Å². The van der Waals surface area contributed by atoms with Gasteiger partial charge in [0.15, 0.2) is 0 Å². The summed E-state index contributed by atoms with van der Waals surface area (Å²) in [6.45, 7) is 4.31. The van der Waals surface area contributed by atoms with Gasteiger partial charge in [-0.3, -0.25) is 0 Å². The first-order valence-corrected chi connectivity index (χ1v) is 22.2. The molecule has 0 heterocycles. The van der Waals surface area contributed by atoms with Crippen molar-refractivity contribution in [1.82, 2.24) is 0 Å². The van der Waals surface area contributed by atoms with E-state index in [0.29, 0.717) is 0 Å². The maximum atomic E-state index is 2.43. The lowest BCUT2D eigenvalue weighted by atomic mass is 9.84. The number of fused-ring (bicyclic) bond motifs is 6. The average molecular weight is 803 g/mol. The van der Waals surface area contributed by atoms with Gasteiger partial charge in [-0.2, -0.15) is 0 Å². The van der Waals surface area contributed by atoms with Gasteiger partial charge in [0.2, 0.25) is 0 Å². The van der Waals surface area contributed by atoms with E-state index in [-0.39, 0.29) is 0 Å². The van der Waals surface area contributed by atoms with Crippen LogP contribution >= 0.6 is 0 Å². The molecule has 0 spiro atoms. The number of hydrogen-bond donors (Lipinski definition) is 0.